The van der Waals surface area contributed by atoms with Gasteiger partial charge in [0.25, 0.3) is 0 Å². The first kappa shape index (κ1) is 15.4. The molecule has 0 aliphatic rings. The second kappa shape index (κ2) is 5.97. The SMILES string of the molecule is CCc1cc(C(=O)OC)cc(C#N)c1SC(F)(F)F. The molecule has 3 nitrogen and oxygen atoms in total. The second-order valence-electron chi connectivity index (χ2n) is 3.52. The van der Waals surface area contributed by atoms with Crippen LogP contribution in [0.1, 0.15) is 28.4 Å². The van der Waals surface area contributed by atoms with Gasteiger partial charge in [-0.2, -0.15) is 18.4 Å². The molecule has 0 fully saturated rings. The van der Waals surface area contributed by atoms with Crippen LogP contribution in [0, 0.1) is 11.3 Å². The Bertz CT molecular complexity index is 535. The number of carbonyl (C=O) groups excluding carboxylic acids is 1. The molecule has 0 saturated heterocycles. The van der Waals surface area contributed by atoms with Crippen LogP contribution in [0.5, 0.6) is 0 Å². The van der Waals surface area contributed by atoms with Crippen molar-refractivity contribution in [2.45, 2.75) is 23.7 Å². The number of halogens is 3. The molecule has 0 heterocycles. The highest BCUT2D eigenvalue weighted by atomic mass is 32.2. The van der Waals surface area contributed by atoms with Gasteiger partial charge in [0, 0.05) is 4.90 Å². The average Bonchev–Trinajstić information content (AvgIpc) is 2.36. The van der Waals surface area contributed by atoms with E-state index >= 15 is 0 Å². The third-order valence-electron chi connectivity index (χ3n) is 2.31. The molecule has 0 aromatic heterocycles. The molecule has 0 N–H and O–H groups in total. The standard InChI is InChI=1S/C12H10F3NO2S/c1-3-7-4-8(11(17)18-2)5-9(6-16)10(7)19-12(13,14)15/h4-5H,3H2,1-2H3. The van der Waals surface area contributed by atoms with E-state index in [1.165, 1.54) is 13.2 Å². The number of carbonyl (C=O) groups is 1. The maximum Gasteiger partial charge on any atom is 0.446 e. The zero-order valence-corrected chi connectivity index (χ0v) is 11.0. The molecule has 0 unspecified atom stereocenters. The van der Waals surface area contributed by atoms with Gasteiger partial charge in [0.05, 0.1) is 18.2 Å². The van der Waals surface area contributed by atoms with E-state index in [2.05, 4.69) is 4.74 Å². The van der Waals surface area contributed by atoms with Crippen LogP contribution in [0.4, 0.5) is 13.2 Å². The number of alkyl halides is 3. The van der Waals surface area contributed by atoms with Crippen molar-refractivity contribution in [3.05, 3.63) is 28.8 Å². The van der Waals surface area contributed by atoms with Crippen molar-refractivity contribution in [1.82, 2.24) is 0 Å². The van der Waals surface area contributed by atoms with E-state index < -0.39 is 11.5 Å². The van der Waals surface area contributed by atoms with Gasteiger partial charge in [-0.25, -0.2) is 4.79 Å². The predicted octanol–water partition coefficient (Wildman–Crippen LogP) is 3.52. The van der Waals surface area contributed by atoms with E-state index in [1.807, 2.05) is 0 Å². The summed E-state index contributed by atoms with van der Waals surface area (Å²) >= 11 is -0.343. The summed E-state index contributed by atoms with van der Waals surface area (Å²) in [6.45, 7) is 1.65. The number of ether oxygens (including phenoxy) is 1. The highest BCUT2D eigenvalue weighted by Gasteiger charge is 2.32. The molecule has 0 aliphatic carbocycles. The molecule has 0 saturated carbocycles. The van der Waals surface area contributed by atoms with Crippen LogP contribution in [0.2, 0.25) is 0 Å². The summed E-state index contributed by atoms with van der Waals surface area (Å²) in [6.07, 6.45) is 0.276. The number of benzene rings is 1. The van der Waals surface area contributed by atoms with Gasteiger partial charge in [0.2, 0.25) is 0 Å². The lowest BCUT2D eigenvalue weighted by Crippen LogP contribution is -2.07. The van der Waals surface area contributed by atoms with Crippen molar-refractivity contribution in [3.8, 4) is 6.07 Å². The molecule has 0 aliphatic heterocycles. The van der Waals surface area contributed by atoms with Crippen LogP contribution in [0.3, 0.4) is 0 Å². The van der Waals surface area contributed by atoms with Crippen LogP contribution in [0.25, 0.3) is 0 Å². The largest absolute Gasteiger partial charge is 0.465 e. The molecule has 19 heavy (non-hydrogen) atoms. The molecule has 1 aromatic rings. The molecule has 0 spiro atoms. The Morgan fingerprint density at radius 3 is 2.53 bits per heavy atom. The monoisotopic (exact) mass is 289 g/mol. The molecule has 0 bridgehead atoms. The number of hydrogen-bond donors (Lipinski definition) is 0. The van der Waals surface area contributed by atoms with Crippen molar-refractivity contribution in [2.75, 3.05) is 7.11 Å². The summed E-state index contributed by atoms with van der Waals surface area (Å²) in [6, 6.07) is 4.11. The van der Waals surface area contributed by atoms with E-state index in [0.717, 1.165) is 6.07 Å². The quantitative estimate of drug-likeness (QED) is 0.631. The van der Waals surface area contributed by atoms with Gasteiger partial charge in [-0.3, -0.25) is 0 Å². The summed E-state index contributed by atoms with van der Waals surface area (Å²) in [4.78, 5) is 11.2. The molecule has 0 radical (unpaired) electrons. The van der Waals surface area contributed by atoms with Crippen molar-refractivity contribution >= 4 is 17.7 Å². The van der Waals surface area contributed by atoms with Gasteiger partial charge < -0.3 is 4.74 Å². The smallest absolute Gasteiger partial charge is 0.446 e. The second-order valence-corrected chi connectivity index (χ2v) is 4.59. The summed E-state index contributed by atoms with van der Waals surface area (Å²) in [5, 5.41) is 8.93. The molecule has 7 heteroatoms. The lowest BCUT2D eigenvalue weighted by Gasteiger charge is -2.13. The fraction of sp³-hybridized carbons (Fsp3) is 0.333. The molecule has 1 rings (SSSR count). The van der Waals surface area contributed by atoms with Gasteiger partial charge in [-0.15, -0.1) is 0 Å². The van der Waals surface area contributed by atoms with E-state index in [0.29, 0.717) is 5.56 Å². The summed E-state index contributed by atoms with van der Waals surface area (Å²) in [5.41, 5.74) is -4.30. The highest BCUT2D eigenvalue weighted by molar-refractivity contribution is 8.00. The van der Waals surface area contributed by atoms with Crippen molar-refractivity contribution in [2.24, 2.45) is 0 Å². The number of aryl methyl sites for hydroxylation is 1. The lowest BCUT2D eigenvalue weighted by atomic mass is 10.0. The van der Waals surface area contributed by atoms with Crippen molar-refractivity contribution in [3.63, 3.8) is 0 Å². The normalized spacial score (nSPS) is 10.9. The first-order valence-electron chi connectivity index (χ1n) is 5.23. The first-order valence-corrected chi connectivity index (χ1v) is 6.05. The van der Waals surface area contributed by atoms with Crippen LogP contribution in [0.15, 0.2) is 17.0 Å². The maximum absolute atomic E-state index is 12.5. The highest BCUT2D eigenvalue weighted by Crippen LogP contribution is 2.41. The number of nitrogens with zero attached hydrogens (tertiary/aromatic N) is 1. The van der Waals surface area contributed by atoms with Crippen molar-refractivity contribution in [1.29, 1.82) is 5.26 Å². The minimum atomic E-state index is -4.48. The Labute approximate surface area is 112 Å². The number of nitriles is 1. The minimum absolute atomic E-state index is 0.0717. The third-order valence-corrected chi connectivity index (χ3v) is 3.22. The first-order chi connectivity index (χ1) is 8.82. The number of esters is 1. The maximum atomic E-state index is 12.5. The van der Waals surface area contributed by atoms with Crippen LogP contribution < -0.4 is 0 Å². The number of rotatable bonds is 3. The van der Waals surface area contributed by atoms with Gasteiger partial charge in [-0.1, -0.05) is 6.92 Å². The summed E-state index contributed by atoms with van der Waals surface area (Å²) in [7, 11) is 1.17. The van der Waals surface area contributed by atoms with Gasteiger partial charge in [0.1, 0.15) is 6.07 Å². The van der Waals surface area contributed by atoms with Gasteiger partial charge in [0.15, 0.2) is 0 Å². The zero-order valence-electron chi connectivity index (χ0n) is 10.2. The van der Waals surface area contributed by atoms with Crippen LogP contribution in [-0.2, 0) is 11.2 Å². The Kier molecular flexibility index (Phi) is 4.84. The van der Waals surface area contributed by atoms with E-state index in [-0.39, 0.29) is 34.2 Å². The predicted molar refractivity (Wildman–Crippen MR) is 63.8 cm³/mol. The zero-order chi connectivity index (χ0) is 14.6. The molecular formula is C12H10F3NO2S. The number of thioether (sulfide) groups is 1. The Morgan fingerprint density at radius 2 is 2.11 bits per heavy atom. The van der Waals surface area contributed by atoms with Crippen LogP contribution in [-0.4, -0.2) is 18.6 Å². The van der Waals surface area contributed by atoms with E-state index in [4.69, 9.17) is 5.26 Å². The van der Waals surface area contributed by atoms with E-state index in [9.17, 15) is 18.0 Å². The fourth-order valence-corrected chi connectivity index (χ4v) is 2.29. The minimum Gasteiger partial charge on any atom is -0.465 e. The Balaban J connectivity index is 3.39. The molecule has 1 aromatic carbocycles. The molecule has 0 atom stereocenters. The number of methoxy groups -OCH3 is 1. The van der Waals surface area contributed by atoms with Gasteiger partial charge in [-0.05, 0) is 35.9 Å². The molecule has 0 amide bonds. The average molecular weight is 289 g/mol. The van der Waals surface area contributed by atoms with Gasteiger partial charge >= 0.3 is 11.5 Å². The molecule has 102 valence electrons. The van der Waals surface area contributed by atoms with Crippen molar-refractivity contribution < 1.29 is 22.7 Å². The molecular weight excluding hydrogens is 279 g/mol. The summed E-state index contributed by atoms with van der Waals surface area (Å²) < 4.78 is 41.9. The Hall–Kier alpha value is -1.68. The fourth-order valence-electron chi connectivity index (χ4n) is 1.51. The summed E-state index contributed by atoms with van der Waals surface area (Å²) in [5.74, 6) is -0.685. The Morgan fingerprint density at radius 1 is 1.47 bits per heavy atom. The van der Waals surface area contributed by atoms with E-state index in [1.54, 1.807) is 13.0 Å². The third kappa shape index (κ3) is 3.89. The lowest BCUT2D eigenvalue weighted by molar-refractivity contribution is -0.0328. The van der Waals surface area contributed by atoms with Crippen LogP contribution >= 0.6 is 11.8 Å². The topological polar surface area (TPSA) is 50.1 Å². The number of hydrogen-bond acceptors (Lipinski definition) is 4.